The maximum atomic E-state index is 13.2. The highest BCUT2D eigenvalue weighted by molar-refractivity contribution is 7.89. The summed E-state index contributed by atoms with van der Waals surface area (Å²) in [7, 11) is -1.56. The molecule has 164 valence electrons. The largest absolute Gasteiger partial charge is 0.348 e. The van der Waals surface area contributed by atoms with Crippen molar-refractivity contribution in [3.63, 3.8) is 0 Å². The van der Waals surface area contributed by atoms with Gasteiger partial charge in [0, 0.05) is 50.3 Å². The number of amides is 2. The fourth-order valence-corrected chi connectivity index (χ4v) is 5.60. The number of likely N-dealkylation sites (N-methyl/N-ethyl adjacent to an activating group) is 1. The Hall–Kier alpha value is -2.78. The van der Waals surface area contributed by atoms with Crippen molar-refractivity contribution in [3.8, 4) is 0 Å². The summed E-state index contributed by atoms with van der Waals surface area (Å²) in [6, 6.07) is 9.01. The predicted octanol–water partition coefficient (Wildman–Crippen LogP) is 1.67. The highest BCUT2D eigenvalue weighted by Gasteiger charge is 2.52. The van der Waals surface area contributed by atoms with Gasteiger partial charge in [0.15, 0.2) is 0 Å². The average molecular weight is 443 g/mol. The zero-order valence-corrected chi connectivity index (χ0v) is 18.5. The van der Waals surface area contributed by atoms with Crippen LogP contribution in [0.25, 0.3) is 0 Å². The molecule has 3 heterocycles. The number of aromatic nitrogens is 1. The molecule has 8 nitrogen and oxygen atoms in total. The Bertz CT molecular complexity index is 1110. The number of fused-ring (bicyclic) bond motifs is 2. The number of nitrogens with one attached hydrogen (secondary N) is 1. The molecule has 1 aromatic heterocycles. The molecular formula is C22H26N4O4S. The smallest absolute Gasteiger partial charge is 0.251 e. The summed E-state index contributed by atoms with van der Waals surface area (Å²) >= 11 is 0. The third-order valence-corrected chi connectivity index (χ3v) is 8.24. The number of benzene rings is 1. The normalized spacial score (nSPS) is 18.3. The number of rotatable bonds is 5. The van der Waals surface area contributed by atoms with Crippen LogP contribution in [0.1, 0.15) is 41.3 Å². The van der Waals surface area contributed by atoms with E-state index in [1.54, 1.807) is 49.5 Å². The summed E-state index contributed by atoms with van der Waals surface area (Å²) in [5, 5.41) is 2.89. The zero-order chi connectivity index (χ0) is 22.2. The average Bonchev–Trinajstić information content (AvgIpc) is 3.00. The number of pyridine rings is 1. The van der Waals surface area contributed by atoms with Gasteiger partial charge in [-0.1, -0.05) is 6.07 Å². The lowest BCUT2D eigenvalue weighted by atomic mass is 9.74. The first-order chi connectivity index (χ1) is 14.8. The van der Waals surface area contributed by atoms with Gasteiger partial charge in [0.2, 0.25) is 15.9 Å². The zero-order valence-electron chi connectivity index (χ0n) is 17.7. The van der Waals surface area contributed by atoms with E-state index in [1.165, 1.54) is 4.31 Å². The second kappa shape index (κ2) is 8.05. The molecule has 0 unspecified atom stereocenters. The number of nitrogens with zero attached hydrogens (tertiary/aromatic N) is 3. The van der Waals surface area contributed by atoms with Crippen LogP contribution in [0.5, 0.6) is 0 Å². The maximum absolute atomic E-state index is 13.2. The number of hydrogen-bond acceptors (Lipinski definition) is 5. The minimum Gasteiger partial charge on any atom is -0.348 e. The summed E-state index contributed by atoms with van der Waals surface area (Å²) in [6.07, 6.45) is 4.19. The number of carbonyl (C=O) groups is 2. The highest BCUT2D eigenvalue weighted by atomic mass is 32.2. The van der Waals surface area contributed by atoms with Crippen molar-refractivity contribution in [1.82, 2.24) is 14.6 Å². The summed E-state index contributed by atoms with van der Waals surface area (Å²) in [5.74, 6) is -0.218. The van der Waals surface area contributed by atoms with E-state index >= 15 is 0 Å². The lowest BCUT2D eigenvalue weighted by Crippen LogP contribution is -2.49. The minimum atomic E-state index is -3.29. The van der Waals surface area contributed by atoms with Gasteiger partial charge >= 0.3 is 0 Å². The van der Waals surface area contributed by atoms with E-state index in [2.05, 4.69) is 10.3 Å². The van der Waals surface area contributed by atoms with E-state index in [0.29, 0.717) is 38.0 Å². The Labute approximate surface area is 182 Å². The van der Waals surface area contributed by atoms with Gasteiger partial charge in [-0.2, -0.15) is 0 Å². The van der Waals surface area contributed by atoms with Crippen molar-refractivity contribution in [1.29, 1.82) is 0 Å². The van der Waals surface area contributed by atoms with Crippen LogP contribution in [0.3, 0.4) is 0 Å². The molecule has 2 amide bonds. The fourth-order valence-electron chi connectivity index (χ4n) is 4.50. The number of piperidine rings is 1. The van der Waals surface area contributed by atoms with Gasteiger partial charge in [0.05, 0.1) is 11.2 Å². The van der Waals surface area contributed by atoms with Crippen molar-refractivity contribution >= 4 is 27.5 Å². The molecule has 2 aliphatic rings. The SMILES string of the molecule is CCS(=O)(=O)N1CCC2(CC1)C(=O)N(C)c1ccc(C(=O)NCc3cccnc3)cc12. The van der Waals surface area contributed by atoms with E-state index < -0.39 is 15.4 Å². The molecule has 1 saturated heterocycles. The van der Waals surface area contributed by atoms with Gasteiger partial charge in [0.25, 0.3) is 5.91 Å². The second-order valence-corrected chi connectivity index (χ2v) is 10.3. The van der Waals surface area contributed by atoms with Gasteiger partial charge in [-0.15, -0.1) is 0 Å². The third-order valence-electron chi connectivity index (χ3n) is 6.36. The lowest BCUT2D eigenvalue weighted by molar-refractivity contribution is -0.124. The second-order valence-electron chi connectivity index (χ2n) is 8.02. The fraction of sp³-hybridized carbons (Fsp3) is 0.409. The predicted molar refractivity (Wildman–Crippen MR) is 117 cm³/mol. The first-order valence-electron chi connectivity index (χ1n) is 10.4. The van der Waals surface area contributed by atoms with E-state index in [9.17, 15) is 18.0 Å². The van der Waals surface area contributed by atoms with E-state index in [-0.39, 0.29) is 17.6 Å². The molecule has 0 bridgehead atoms. The molecule has 1 aromatic carbocycles. The molecule has 0 aliphatic carbocycles. The Morgan fingerprint density at radius 1 is 1.23 bits per heavy atom. The number of sulfonamides is 1. The first-order valence-corrected chi connectivity index (χ1v) is 12.0. The Balaban J connectivity index is 1.58. The quantitative estimate of drug-likeness (QED) is 0.759. The molecule has 0 radical (unpaired) electrons. The van der Waals surface area contributed by atoms with Crippen LogP contribution in [0.4, 0.5) is 5.69 Å². The minimum absolute atomic E-state index is 0.0380. The van der Waals surface area contributed by atoms with Gasteiger partial charge in [-0.3, -0.25) is 14.6 Å². The van der Waals surface area contributed by atoms with Gasteiger partial charge in [-0.25, -0.2) is 12.7 Å². The summed E-state index contributed by atoms with van der Waals surface area (Å²) in [6.45, 7) is 2.58. The molecule has 9 heteroatoms. The molecule has 1 N–H and O–H groups in total. The van der Waals surface area contributed by atoms with Crippen LogP contribution in [0, 0.1) is 0 Å². The lowest BCUT2D eigenvalue weighted by Gasteiger charge is -2.37. The van der Waals surface area contributed by atoms with E-state index in [0.717, 1.165) is 16.8 Å². The monoisotopic (exact) mass is 442 g/mol. The van der Waals surface area contributed by atoms with Gasteiger partial charge in [0.1, 0.15) is 0 Å². The van der Waals surface area contributed by atoms with Crippen molar-refractivity contribution in [3.05, 3.63) is 59.4 Å². The van der Waals surface area contributed by atoms with Crippen LogP contribution in [-0.2, 0) is 26.8 Å². The van der Waals surface area contributed by atoms with Crippen LogP contribution in [0.2, 0.25) is 0 Å². The van der Waals surface area contributed by atoms with Crippen LogP contribution < -0.4 is 10.2 Å². The standard InChI is InChI=1S/C22H26N4O4S/c1-3-31(29,30)26-11-8-22(9-12-26)18-13-17(6-7-19(18)25(2)21(22)28)20(27)24-15-16-5-4-10-23-14-16/h4-7,10,13-14H,3,8-9,11-12,15H2,1-2H3,(H,24,27). The van der Waals surface area contributed by atoms with Gasteiger partial charge < -0.3 is 10.2 Å². The number of hydrogen-bond donors (Lipinski definition) is 1. The molecule has 31 heavy (non-hydrogen) atoms. The number of anilines is 1. The summed E-state index contributed by atoms with van der Waals surface area (Å²) in [4.78, 5) is 31.6. The molecule has 1 spiro atoms. The Morgan fingerprint density at radius 2 is 1.97 bits per heavy atom. The van der Waals surface area contributed by atoms with Crippen molar-refractivity contribution in [2.75, 3.05) is 30.8 Å². The molecule has 4 rings (SSSR count). The molecule has 2 aromatic rings. The topological polar surface area (TPSA) is 99.7 Å². The van der Waals surface area contributed by atoms with Crippen LogP contribution in [0.15, 0.2) is 42.7 Å². The Morgan fingerprint density at radius 3 is 2.61 bits per heavy atom. The maximum Gasteiger partial charge on any atom is 0.251 e. The van der Waals surface area contributed by atoms with E-state index in [4.69, 9.17) is 0 Å². The highest BCUT2D eigenvalue weighted by Crippen LogP contribution is 2.48. The van der Waals surface area contributed by atoms with E-state index in [1.807, 2.05) is 12.1 Å². The Kier molecular flexibility index (Phi) is 5.57. The van der Waals surface area contributed by atoms with Crippen molar-refractivity contribution in [2.24, 2.45) is 0 Å². The molecule has 1 fully saturated rings. The third kappa shape index (κ3) is 3.72. The number of carbonyl (C=O) groups excluding carboxylic acids is 2. The molecule has 0 atom stereocenters. The summed E-state index contributed by atoms with van der Waals surface area (Å²) < 4.78 is 26.0. The molecular weight excluding hydrogens is 416 g/mol. The van der Waals surface area contributed by atoms with Crippen LogP contribution in [-0.4, -0.2) is 55.4 Å². The molecule has 0 saturated carbocycles. The van der Waals surface area contributed by atoms with Crippen molar-refractivity contribution in [2.45, 2.75) is 31.7 Å². The van der Waals surface area contributed by atoms with Crippen LogP contribution >= 0.6 is 0 Å². The molecule has 2 aliphatic heterocycles. The first kappa shape index (κ1) is 21.5. The summed E-state index contributed by atoms with van der Waals surface area (Å²) in [5.41, 5.74) is 2.17. The van der Waals surface area contributed by atoms with Gasteiger partial charge in [-0.05, 0) is 55.2 Å². The van der Waals surface area contributed by atoms with Crippen molar-refractivity contribution < 1.29 is 18.0 Å².